The number of ether oxygens (including phenoxy) is 1. The summed E-state index contributed by atoms with van der Waals surface area (Å²) in [4.78, 5) is 23.4. The van der Waals surface area contributed by atoms with Crippen molar-refractivity contribution in [2.45, 2.75) is 18.6 Å². The van der Waals surface area contributed by atoms with E-state index in [0.29, 0.717) is 5.56 Å². The molecular formula is C17H14O4. The van der Waals surface area contributed by atoms with Gasteiger partial charge in [0.05, 0.1) is 0 Å². The van der Waals surface area contributed by atoms with Crippen molar-refractivity contribution in [2.75, 3.05) is 0 Å². The molecular weight excluding hydrogens is 268 g/mol. The molecule has 21 heavy (non-hydrogen) atoms. The van der Waals surface area contributed by atoms with Crippen LogP contribution in [-0.2, 0) is 19.9 Å². The van der Waals surface area contributed by atoms with Crippen LogP contribution in [0.5, 0.6) is 0 Å². The van der Waals surface area contributed by atoms with Gasteiger partial charge < -0.3 is 9.84 Å². The summed E-state index contributed by atoms with van der Waals surface area (Å²) in [5.41, 5.74) is 1.20. The molecule has 0 saturated carbocycles. The molecule has 0 amide bonds. The van der Waals surface area contributed by atoms with Gasteiger partial charge in [-0.15, -0.1) is 0 Å². The summed E-state index contributed by atoms with van der Waals surface area (Å²) in [5.74, 6) is -1.52. The minimum Gasteiger partial charge on any atom is -0.444 e. The summed E-state index contributed by atoms with van der Waals surface area (Å²) in [7, 11) is 0. The summed E-state index contributed by atoms with van der Waals surface area (Å²) in [6.45, 7) is 1.50. The van der Waals surface area contributed by atoms with Crippen molar-refractivity contribution in [1.82, 2.24) is 0 Å². The van der Waals surface area contributed by atoms with E-state index in [0.717, 1.165) is 11.1 Å². The minimum absolute atomic E-state index is 0.553. The Morgan fingerprint density at radius 3 is 2.05 bits per heavy atom. The van der Waals surface area contributed by atoms with Gasteiger partial charge in [-0.2, -0.15) is 0 Å². The monoisotopic (exact) mass is 282 g/mol. The highest BCUT2D eigenvalue weighted by molar-refractivity contribution is 6.11. The van der Waals surface area contributed by atoms with Gasteiger partial charge in [0.2, 0.25) is 11.9 Å². The lowest BCUT2D eigenvalue weighted by atomic mass is 9.89. The van der Waals surface area contributed by atoms with Crippen LogP contribution < -0.4 is 0 Å². The Morgan fingerprint density at radius 1 is 0.952 bits per heavy atom. The SMILES string of the molecule is CC1(c2ccc(-c3ccccc3)cc2)OC(=O)C(O)C1=O. The summed E-state index contributed by atoms with van der Waals surface area (Å²) in [5, 5.41) is 9.47. The van der Waals surface area contributed by atoms with Crippen molar-refractivity contribution < 1.29 is 19.4 Å². The normalized spacial score (nSPS) is 25.0. The first-order valence-corrected chi connectivity index (χ1v) is 6.63. The highest BCUT2D eigenvalue weighted by Crippen LogP contribution is 2.34. The van der Waals surface area contributed by atoms with E-state index < -0.39 is 23.5 Å². The highest BCUT2D eigenvalue weighted by Gasteiger charge is 2.52. The van der Waals surface area contributed by atoms with Gasteiger partial charge >= 0.3 is 5.97 Å². The molecule has 1 heterocycles. The van der Waals surface area contributed by atoms with E-state index >= 15 is 0 Å². The lowest BCUT2D eigenvalue weighted by Gasteiger charge is -2.21. The fourth-order valence-corrected chi connectivity index (χ4v) is 2.49. The molecule has 2 aromatic carbocycles. The number of cyclic esters (lactones) is 1. The number of rotatable bonds is 2. The first-order chi connectivity index (χ1) is 10.0. The minimum atomic E-state index is -1.69. The average molecular weight is 282 g/mol. The van der Waals surface area contributed by atoms with Gasteiger partial charge in [-0.25, -0.2) is 4.79 Å². The lowest BCUT2D eigenvalue weighted by molar-refractivity contribution is -0.153. The van der Waals surface area contributed by atoms with Gasteiger partial charge in [-0.3, -0.25) is 4.79 Å². The zero-order valence-corrected chi connectivity index (χ0v) is 11.4. The van der Waals surface area contributed by atoms with E-state index in [1.807, 2.05) is 42.5 Å². The van der Waals surface area contributed by atoms with E-state index in [9.17, 15) is 14.7 Å². The zero-order valence-electron chi connectivity index (χ0n) is 11.4. The van der Waals surface area contributed by atoms with Crippen LogP contribution in [0.2, 0.25) is 0 Å². The van der Waals surface area contributed by atoms with Crippen molar-refractivity contribution >= 4 is 11.8 Å². The predicted octanol–water partition coefficient (Wildman–Crippen LogP) is 2.06. The maximum atomic E-state index is 12.0. The summed E-state index contributed by atoms with van der Waals surface area (Å²) < 4.78 is 5.07. The summed E-state index contributed by atoms with van der Waals surface area (Å²) in [6.07, 6.45) is -1.69. The quantitative estimate of drug-likeness (QED) is 0.676. The van der Waals surface area contributed by atoms with Gasteiger partial charge in [0.1, 0.15) is 0 Å². The van der Waals surface area contributed by atoms with Gasteiger partial charge in [0, 0.05) is 5.56 Å². The van der Waals surface area contributed by atoms with Crippen LogP contribution in [-0.4, -0.2) is 23.0 Å². The van der Waals surface area contributed by atoms with E-state index in [1.165, 1.54) is 6.92 Å². The molecule has 2 atom stereocenters. The van der Waals surface area contributed by atoms with Crippen LogP contribution in [0, 0.1) is 0 Å². The Morgan fingerprint density at radius 2 is 1.52 bits per heavy atom. The van der Waals surface area contributed by atoms with E-state index in [2.05, 4.69) is 0 Å². The molecule has 2 unspecified atom stereocenters. The number of benzene rings is 2. The first-order valence-electron chi connectivity index (χ1n) is 6.63. The molecule has 106 valence electrons. The van der Waals surface area contributed by atoms with Crippen LogP contribution in [0.15, 0.2) is 54.6 Å². The van der Waals surface area contributed by atoms with Gasteiger partial charge in [-0.1, -0.05) is 54.6 Å². The Kier molecular flexibility index (Phi) is 3.11. The van der Waals surface area contributed by atoms with Crippen LogP contribution in [0.1, 0.15) is 12.5 Å². The van der Waals surface area contributed by atoms with Crippen LogP contribution in [0.3, 0.4) is 0 Å². The Balaban J connectivity index is 1.95. The highest BCUT2D eigenvalue weighted by atomic mass is 16.6. The molecule has 1 fully saturated rings. The smallest absolute Gasteiger partial charge is 0.344 e. The fourth-order valence-electron chi connectivity index (χ4n) is 2.49. The summed E-state index contributed by atoms with van der Waals surface area (Å²) >= 11 is 0. The molecule has 0 bridgehead atoms. The lowest BCUT2D eigenvalue weighted by Crippen LogP contribution is -2.33. The van der Waals surface area contributed by atoms with Crippen molar-refractivity contribution in [3.63, 3.8) is 0 Å². The standard InChI is InChI=1S/C17H14O4/c1-17(15(19)14(18)16(20)21-17)13-9-7-12(8-10-13)11-5-3-2-4-6-11/h2-10,14,18H,1H3. The van der Waals surface area contributed by atoms with Gasteiger partial charge in [0.15, 0.2) is 5.60 Å². The molecule has 0 aliphatic carbocycles. The molecule has 1 aliphatic heterocycles. The molecule has 1 saturated heterocycles. The van der Waals surface area contributed by atoms with E-state index in [4.69, 9.17) is 4.74 Å². The zero-order chi connectivity index (χ0) is 15.0. The topological polar surface area (TPSA) is 63.6 Å². The molecule has 0 spiro atoms. The fraction of sp³-hybridized carbons (Fsp3) is 0.176. The molecule has 1 N–H and O–H groups in total. The molecule has 4 heteroatoms. The third-order valence-corrected chi connectivity index (χ3v) is 3.79. The van der Waals surface area contributed by atoms with Gasteiger partial charge in [-0.05, 0) is 18.1 Å². The predicted molar refractivity (Wildman–Crippen MR) is 76.3 cm³/mol. The molecule has 0 radical (unpaired) electrons. The van der Waals surface area contributed by atoms with Gasteiger partial charge in [0.25, 0.3) is 0 Å². The summed E-state index contributed by atoms with van der Waals surface area (Å²) in [6, 6.07) is 17.0. The second-order valence-corrected chi connectivity index (χ2v) is 5.16. The number of aliphatic hydroxyl groups is 1. The average Bonchev–Trinajstić information content (AvgIpc) is 2.73. The van der Waals surface area contributed by atoms with Crippen LogP contribution in [0.25, 0.3) is 11.1 Å². The van der Waals surface area contributed by atoms with Crippen molar-refractivity contribution in [1.29, 1.82) is 0 Å². The van der Waals surface area contributed by atoms with E-state index in [-0.39, 0.29) is 0 Å². The Bertz CT molecular complexity index is 690. The maximum Gasteiger partial charge on any atom is 0.344 e. The number of esters is 1. The van der Waals surface area contributed by atoms with Crippen molar-refractivity contribution in [2.24, 2.45) is 0 Å². The number of aliphatic hydroxyl groups excluding tert-OH is 1. The molecule has 1 aliphatic rings. The molecule has 2 aromatic rings. The third kappa shape index (κ3) is 2.14. The van der Waals surface area contributed by atoms with E-state index in [1.54, 1.807) is 12.1 Å². The largest absolute Gasteiger partial charge is 0.444 e. The van der Waals surface area contributed by atoms with Crippen LogP contribution in [0.4, 0.5) is 0 Å². The molecule has 4 nitrogen and oxygen atoms in total. The number of ketones is 1. The third-order valence-electron chi connectivity index (χ3n) is 3.79. The van der Waals surface area contributed by atoms with Crippen molar-refractivity contribution in [3.05, 3.63) is 60.2 Å². The number of Topliss-reactive ketones (excluding diaryl/α,β-unsaturated/α-hetero) is 1. The maximum absolute atomic E-state index is 12.0. The second-order valence-electron chi connectivity index (χ2n) is 5.16. The molecule has 3 rings (SSSR count). The van der Waals surface area contributed by atoms with Crippen molar-refractivity contribution in [3.8, 4) is 11.1 Å². The van der Waals surface area contributed by atoms with Crippen LogP contribution >= 0.6 is 0 Å². The first kappa shape index (κ1) is 13.5. The second kappa shape index (κ2) is 4.82. The molecule has 0 aromatic heterocycles. The number of carbonyl (C=O) groups is 2. The number of hydrogen-bond donors (Lipinski definition) is 1. The number of hydrogen-bond acceptors (Lipinski definition) is 4. The number of carbonyl (C=O) groups excluding carboxylic acids is 2. The Hall–Kier alpha value is -2.46. The Labute approximate surface area is 122 Å².